The molecule has 33 heavy (non-hydrogen) atoms. The van der Waals surface area contributed by atoms with Crippen LogP contribution in [0.5, 0.6) is 5.75 Å². The zero-order valence-corrected chi connectivity index (χ0v) is 18.8. The first-order valence-electron chi connectivity index (χ1n) is 9.68. The number of amides is 1. The minimum atomic E-state index is -4.87. The maximum Gasteiger partial charge on any atom is 0.417 e. The minimum Gasteiger partial charge on any atom is -0.610 e. The van der Waals surface area contributed by atoms with Crippen LogP contribution in [0.25, 0.3) is 0 Å². The summed E-state index contributed by atoms with van der Waals surface area (Å²) in [5, 5.41) is 2.58. The fraction of sp³-hybridized carbons (Fsp3) is 0.429. The number of carbonyl (C=O) groups is 1. The van der Waals surface area contributed by atoms with Crippen LogP contribution < -0.4 is 10.1 Å². The molecular formula is C21H21F5N2O4S. The summed E-state index contributed by atoms with van der Waals surface area (Å²) in [7, 11) is 1.04. The highest BCUT2D eigenvalue weighted by Gasteiger charge is 2.65. The van der Waals surface area contributed by atoms with E-state index < -0.39 is 64.2 Å². The largest absolute Gasteiger partial charge is 0.610 e. The predicted octanol–water partition coefficient (Wildman–Crippen LogP) is 4.18. The van der Waals surface area contributed by atoms with E-state index in [1.807, 2.05) is 0 Å². The van der Waals surface area contributed by atoms with Gasteiger partial charge in [-0.25, -0.2) is 9.37 Å². The van der Waals surface area contributed by atoms with Crippen LogP contribution in [0.15, 0.2) is 35.5 Å². The van der Waals surface area contributed by atoms with Gasteiger partial charge in [-0.3, -0.25) is 4.79 Å². The van der Waals surface area contributed by atoms with Crippen LogP contribution in [0.4, 0.5) is 27.6 Å². The Morgan fingerprint density at radius 1 is 1.30 bits per heavy atom. The molecule has 1 fully saturated rings. The minimum absolute atomic E-state index is 0.132. The highest BCUT2D eigenvalue weighted by atomic mass is 32.2. The lowest BCUT2D eigenvalue weighted by Gasteiger charge is -2.32. The molecule has 1 aliphatic rings. The van der Waals surface area contributed by atoms with Gasteiger partial charge in [0.2, 0.25) is 10.8 Å². The molecule has 1 amide bonds. The number of nitrogens with one attached hydrogen (secondary N) is 1. The first-order chi connectivity index (χ1) is 15.3. The molecule has 1 aromatic carbocycles. The number of pyridine rings is 1. The Kier molecular flexibility index (Phi) is 6.92. The number of nitrogens with zero attached hydrogens (tertiary/aromatic N) is 1. The number of benzene rings is 1. The number of alkyl halides is 3. The smallest absolute Gasteiger partial charge is 0.417 e. The van der Waals surface area contributed by atoms with Crippen molar-refractivity contribution in [1.29, 1.82) is 0 Å². The average Bonchev–Trinajstić information content (AvgIpc) is 3.02. The van der Waals surface area contributed by atoms with Crippen LogP contribution in [0.1, 0.15) is 25.3 Å². The molecule has 1 aromatic heterocycles. The number of rotatable bonds is 5. The summed E-state index contributed by atoms with van der Waals surface area (Å²) in [6.45, 7) is 2.02. The fourth-order valence-corrected chi connectivity index (χ4v) is 4.40. The van der Waals surface area contributed by atoms with Crippen LogP contribution in [-0.4, -0.2) is 46.7 Å². The molecule has 0 radical (unpaired) electrons. The second kappa shape index (κ2) is 9.07. The number of hydrogen-bond donors (Lipinski definition) is 1. The van der Waals surface area contributed by atoms with Crippen LogP contribution in [0.2, 0.25) is 0 Å². The Labute approximate surface area is 189 Å². The SMILES string of the molecule is COc1c([C@H]2[C@H](C(=O)Nc3ccnc([S@+](C)[O-])c3)O[C@@](C)(C(F)(F)F)[C@H]2C)ccc(F)c1F. The van der Waals surface area contributed by atoms with Gasteiger partial charge in [-0.05, 0) is 19.1 Å². The van der Waals surface area contributed by atoms with Crippen molar-refractivity contribution in [3.63, 3.8) is 0 Å². The Bertz CT molecular complexity index is 1050. The van der Waals surface area contributed by atoms with Gasteiger partial charge in [0.05, 0.1) is 7.11 Å². The van der Waals surface area contributed by atoms with Crippen molar-refractivity contribution < 1.29 is 40.8 Å². The summed E-state index contributed by atoms with van der Waals surface area (Å²) in [5.74, 6) is -6.89. The van der Waals surface area contributed by atoms with E-state index in [4.69, 9.17) is 9.47 Å². The third kappa shape index (κ3) is 4.51. The standard InChI is InChI=1S/C21H21F5N2O4S/c1-10-15(12-5-6-13(22)16(23)17(12)31-3)18(32-20(10,2)21(24,25)26)19(29)28-11-7-8-27-14(9-11)33(4)30/h5-10,15,18H,1-4H3,(H,27,28,29)/t10-,15-,18+,20+,33-/m0/s1. The number of ether oxygens (including phenoxy) is 2. The van der Waals surface area contributed by atoms with E-state index in [0.717, 1.165) is 26.2 Å². The number of carbonyl (C=O) groups excluding carboxylic acids is 1. The molecule has 5 atom stereocenters. The molecule has 0 bridgehead atoms. The maximum absolute atomic E-state index is 14.4. The average molecular weight is 492 g/mol. The van der Waals surface area contributed by atoms with Crippen LogP contribution in [0, 0.1) is 17.6 Å². The van der Waals surface area contributed by atoms with E-state index in [0.29, 0.717) is 0 Å². The van der Waals surface area contributed by atoms with Crippen molar-refractivity contribution in [3.05, 3.63) is 47.7 Å². The van der Waals surface area contributed by atoms with Gasteiger partial charge in [0.15, 0.2) is 17.2 Å². The molecule has 2 aromatic rings. The van der Waals surface area contributed by atoms with Gasteiger partial charge in [0, 0.05) is 46.5 Å². The summed E-state index contributed by atoms with van der Waals surface area (Å²) in [4.78, 5) is 17.0. The summed E-state index contributed by atoms with van der Waals surface area (Å²) in [6.07, 6.45) is -3.95. The lowest BCUT2D eigenvalue weighted by atomic mass is 9.77. The Morgan fingerprint density at radius 3 is 2.55 bits per heavy atom. The molecule has 1 saturated heterocycles. The fourth-order valence-electron chi connectivity index (χ4n) is 3.90. The molecule has 0 unspecified atom stereocenters. The van der Waals surface area contributed by atoms with Gasteiger partial charge in [-0.15, -0.1) is 0 Å². The summed E-state index contributed by atoms with van der Waals surface area (Å²) in [6, 6.07) is 4.50. The normalized spacial score (nSPS) is 26.2. The van der Waals surface area contributed by atoms with Crippen molar-refractivity contribution in [1.82, 2.24) is 4.98 Å². The third-order valence-corrected chi connectivity index (χ3v) is 6.68. The van der Waals surface area contributed by atoms with Crippen LogP contribution >= 0.6 is 0 Å². The topological polar surface area (TPSA) is 83.5 Å². The predicted molar refractivity (Wildman–Crippen MR) is 109 cm³/mol. The molecular weight excluding hydrogens is 471 g/mol. The van der Waals surface area contributed by atoms with Crippen molar-refractivity contribution in [2.75, 3.05) is 18.7 Å². The molecule has 2 heterocycles. The van der Waals surface area contributed by atoms with Gasteiger partial charge in [0.25, 0.3) is 5.91 Å². The van der Waals surface area contributed by atoms with Crippen LogP contribution in [0.3, 0.4) is 0 Å². The van der Waals surface area contributed by atoms with E-state index in [1.165, 1.54) is 31.5 Å². The van der Waals surface area contributed by atoms with Crippen molar-refractivity contribution in [2.24, 2.45) is 5.92 Å². The Balaban J connectivity index is 2.07. The number of halogens is 5. The van der Waals surface area contributed by atoms with E-state index in [2.05, 4.69) is 10.3 Å². The van der Waals surface area contributed by atoms with E-state index in [9.17, 15) is 31.3 Å². The molecule has 0 aliphatic carbocycles. The number of aromatic nitrogens is 1. The molecule has 0 spiro atoms. The second-order valence-corrected chi connectivity index (χ2v) is 9.09. The number of hydrogen-bond acceptors (Lipinski definition) is 5. The first kappa shape index (κ1) is 25.2. The highest BCUT2D eigenvalue weighted by Crippen LogP contribution is 2.55. The second-order valence-electron chi connectivity index (χ2n) is 7.77. The quantitative estimate of drug-likeness (QED) is 0.500. The first-order valence-corrected chi connectivity index (χ1v) is 11.2. The van der Waals surface area contributed by atoms with Gasteiger partial charge in [0.1, 0.15) is 12.4 Å². The molecule has 1 N–H and O–H groups in total. The molecule has 12 heteroatoms. The molecule has 1 aliphatic heterocycles. The van der Waals surface area contributed by atoms with Crippen LogP contribution in [-0.2, 0) is 20.7 Å². The number of anilines is 1. The van der Waals surface area contributed by atoms with E-state index >= 15 is 0 Å². The zero-order valence-electron chi connectivity index (χ0n) is 18.0. The number of methoxy groups -OCH3 is 1. The van der Waals surface area contributed by atoms with Gasteiger partial charge >= 0.3 is 6.18 Å². The summed E-state index contributed by atoms with van der Waals surface area (Å²) in [5.41, 5.74) is -2.76. The Hall–Kier alpha value is -2.44. The van der Waals surface area contributed by atoms with Gasteiger partial charge < -0.3 is 19.3 Å². The monoisotopic (exact) mass is 492 g/mol. The van der Waals surface area contributed by atoms with Crippen molar-refractivity contribution >= 4 is 22.8 Å². The molecule has 3 rings (SSSR count). The maximum atomic E-state index is 14.4. The van der Waals surface area contributed by atoms with Gasteiger partial charge in [-0.2, -0.15) is 17.6 Å². The lowest BCUT2D eigenvalue weighted by molar-refractivity contribution is -0.272. The molecule has 0 saturated carbocycles. The third-order valence-electron chi connectivity index (χ3n) is 5.87. The zero-order chi connectivity index (χ0) is 24.7. The van der Waals surface area contributed by atoms with Crippen molar-refractivity contribution in [3.8, 4) is 5.75 Å². The highest BCUT2D eigenvalue weighted by molar-refractivity contribution is 7.90. The summed E-state index contributed by atoms with van der Waals surface area (Å²) >= 11 is -1.47. The Morgan fingerprint density at radius 2 is 1.97 bits per heavy atom. The summed E-state index contributed by atoms with van der Waals surface area (Å²) < 4.78 is 91.8. The molecule has 6 nitrogen and oxygen atoms in total. The van der Waals surface area contributed by atoms with Crippen molar-refractivity contribution in [2.45, 2.75) is 42.7 Å². The molecule has 180 valence electrons. The van der Waals surface area contributed by atoms with E-state index in [1.54, 1.807) is 0 Å². The lowest BCUT2D eigenvalue weighted by Crippen LogP contribution is -2.47. The van der Waals surface area contributed by atoms with E-state index in [-0.39, 0.29) is 16.3 Å². The van der Waals surface area contributed by atoms with Gasteiger partial charge in [-0.1, -0.05) is 13.0 Å².